The van der Waals surface area contributed by atoms with Crippen LogP contribution in [0.3, 0.4) is 0 Å². The summed E-state index contributed by atoms with van der Waals surface area (Å²) in [6, 6.07) is 0. The van der Waals surface area contributed by atoms with Crippen molar-refractivity contribution in [3.8, 4) is 0 Å². The molecule has 0 aromatic heterocycles. The minimum absolute atomic E-state index is 0.210. The first-order chi connectivity index (χ1) is 6.95. The van der Waals surface area contributed by atoms with E-state index in [1.54, 1.807) is 0 Å². The third-order valence-corrected chi connectivity index (χ3v) is 3.17. The number of rotatable bonds is 4. The molecule has 0 radical (unpaired) electrons. The van der Waals surface area contributed by atoms with E-state index in [0.717, 1.165) is 26.2 Å². The predicted molar refractivity (Wildman–Crippen MR) is 64.1 cm³/mol. The summed E-state index contributed by atoms with van der Waals surface area (Å²) < 4.78 is 0. The quantitative estimate of drug-likeness (QED) is 0.761. The fraction of sp³-hybridized carbons (Fsp3) is 1.00. The Morgan fingerprint density at radius 2 is 2.00 bits per heavy atom. The second-order valence-electron chi connectivity index (χ2n) is 5.38. The maximum Gasteiger partial charge on any atom is 0.0639 e. The van der Waals surface area contributed by atoms with E-state index in [1.807, 2.05) is 6.92 Å². The number of β-amino-alcohol motifs (C(OH)–C–C–N with tert-alkyl or cyclic N) is 1. The normalized spacial score (nSPS) is 25.4. The predicted octanol–water partition coefficient (Wildman–Crippen LogP) is 1.17. The van der Waals surface area contributed by atoms with E-state index < -0.39 is 0 Å². The van der Waals surface area contributed by atoms with Crippen LogP contribution in [0.25, 0.3) is 0 Å². The van der Waals surface area contributed by atoms with Crippen LogP contribution in [0.15, 0.2) is 0 Å². The van der Waals surface area contributed by atoms with Crippen LogP contribution in [0.5, 0.6) is 0 Å². The van der Waals surface area contributed by atoms with E-state index in [-0.39, 0.29) is 11.6 Å². The maximum absolute atomic E-state index is 9.39. The van der Waals surface area contributed by atoms with Gasteiger partial charge in [0.15, 0.2) is 0 Å². The van der Waals surface area contributed by atoms with Crippen molar-refractivity contribution in [2.45, 2.75) is 45.8 Å². The number of aliphatic hydroxyl groups is 1. The second kappa shape index (κ2) is 5.28. The Kier molecular flexibility index (Phi) is 4.56. The Morgan fingerprint density at radius 1 is 1.33 bits per heavy atom. The van der Waals surface area contributed by atoms with Gasteiger partial charge in [-0.05, 0) is 33.7 Å². The average molecular weight is 214 g/mol. The van der Waals surface area contributed by atoms with E-state index in [9.17, 15) is 5.11 Å². The first-order valence-corrected chi connectivity index (χ1v) is 6.11. The van der Waals surface area contributed by atoms with Crippen LogP contribution < -0.4 is 0 Å². The topological polar surface area (TPSA) is 26.7 Å². The van der Waals surface area contributed by atoms with Crippen LogP contribution in [0.2, 0.25) is 0 Å². The van der Waals surface area contributed by atoms with Crippen molar-refractivity contribution in [1.82, 2.24) is 9.80 Å². The van der Waals surface area contributed by atoms with Crippen molar-refractivity contribution in [3.05, 3.63) is 0 Å². The molecule has 15 heavy (non-hydrogen) atoms. The summed E-state index contributed by atoms with van der Waals surface area (Å²) in [6.07, 6.45) is 1.01. The summed E-state index contributed by atoms with van der Waals surface area (Å²) in [5.41, 5.74) is 0.253. The van der Waals surface area contributed by atoms with Crippen molar-refractivity contribution in [2.24, 2.45) is 0 Å². The fourth-order valence-electron chi connectivity index (χ4n) is 2.50. The molecule has 1 unspecified atom stereocenters. The van der Waals surface area contributed by atoms with E-state index in [2.05, 4.69) is 30.6 Å². The summed E-state index contributed by atoms with van der Waals surface area (Å²) in [5.74, 6) is 0. The van der Waals surface area contributed by atoms with Crippen molar-refractivity contribution >= 4 is 0 Å². The van der Waals surface area contributed by atoms with Crippen LogP contribution >= 0.6 is 0 Å². The minimum Gasteiger partial charge on any atom is -0.392 e. The zero-order chi connectivity index (χ0) is 11.5. The lowest BCUT2D eigenvalue weighted by molar-refractivity contribution is 0.00273. The Morgan fingerprint density at radius 3 is 2.47 bits per heavy atom. The van der Waals surface area contributed by atoms with Gasteiger partial charge in [0.1, 0.15) is 0 Å². The molecule has 1 rings (SSSR count). The minimum atomic E-state index is -0.210. The number of nitrogens with zero attached hydrogens (tertiary/aromatic N) is 2. The molecule has 1 heterocycles. The molecule has 1 saturated heterocycles. The van der Waals surface area contributed by atoms with Crippen LogP contribution in [-0.2, 0) is 0 Å². The smallest absolute Gasteiger partial charge is 0.0639 e. The molecule has 3 nitrogen and oxygen atoms in total. The lowest BCUT2D eigenvalue weighted by atomic mass is 9.98. The summed E-state index contributed by atoms with van der Waals surface area (Å²) in [5, 5.41) is 9.39. The average Bonchev–Trinajstić information content (AvgIpc) is 2.08. The lowest BCUT2D eigenvalue weighted by Gasteiger charge is -2.47. The Bertz CT molecular complexity index is 192. The number of piperazine rings is 1. The third kappa shape index (κ3) is 3.74. The molecule has 0 amide bonds. The van der Waals surface area contributed by atoms with E-state index in [1.165, 1.54) is 13.0 Å². The van der Waals surface area contributed by atoms with Gasteiger partial charge in [0.2, 0.25) is 0 Å². The molecule has 1 atom stereocenters. The third-order valence-electron chi connectivity index (χ3n) is 3.17. The largest absolute Gasteiger partial charge is 0.392 e. The first kappa shape index (κ1) is 12.9. The highest BCUT2D eigenvalue weighted by Crippen LogP contribution is 2.21. The van der Waals surface area contributed by atoms with Crippen molar-refractivity contribution < 1.29 is 5.11 Å². The van der Waals surface area contributed by atoms with Crippen LogP contribution in [0, 0.1) is 0 Å². The molecule has 0 saturated carbocycles. The Hall–Kier alpha value is -0.120. The molecule has 0 aliphatic carbocycles. The molecule has 1 aliphatic heterocycles. The zero-order valence-corrected chi connectivity index (χ0v) is 10.7. The number of aliphatic hydroxyl groups excluding tert-OH is 1. The molecule has 1 fully saturated rings. The van der Waals surface area contributed by atoms with E-state index in [4.69, 9.17) is 0 Å². The first-order valence-electron chi connectivity index (χ1n) is 6.11. The molecule has 1 N–H and O–H groups in total. The standard InChI is InChI=1S/C12H26N2O/c1-5-6-14-8-7-13(9-11(2)15)10-12(14,3)4/h11,15H,5-10H2,1-4H3. The van der Waals surface area contributed by atoms with Gasteiger partial charge in [-0.25, -0.2) is 0 Å². The van der Waals surface area contributed by atoms with Gasteiger partial charge in [-0.15, -0.1) is 0 Å². The molecule has 1 aliphatic rings. The number of hydrogen-bond acceptors (Lipinski definition) is 3. The molecular weight excluding hydrogens is 188 g/mol. The van der Waals surface area contributed by atoms with Crippen molar-refractivity contribution in [3.63, 3.8) is 0 Å². The van der Waals surface area contributed by atoms with Gasteiger partial charge in [0.05, 0.1) is 6.10 Å². The highest BCUT2D eigenvalue weighted by Gasteiger charge is 2.32. The molecule has 90 valence electrons. The van der Waals surface area contributed by atoms with Crippen molar-refractivity contribution in [2.75, 3.05) is 32.7 Å². The Balaban J connectivity index is 2.48. The van der Waals surface area contributed by atoms with Gasteiger partial charge in [-0.1, -0.05) is 6.92 Å². The van der Waals surface area contributed by atoms with Gasteiger partial charge in [0, 0.05) is 31.7 Å². The summed E-state index contributed by atoms with van der Waals surface area (Å²) in [7, 11) is 0. The fourth-order valence-corrected chi connectivity index (χ4v) is 2.50. The van der Waals surface area contributed by atoms with Gasteiger partial charge >= 0.3 is 0 Å². The lowest BCUT2D eigenvalue weighted by Crippen LogP contribution is -2.60. The maximum atomic E-state index is 9.39. The zero-order valence-electron chi connectivity index (χ0n) is 10.7. The van der Waals surface area contributed by atoms with Gasteiger partial charge in [-0.2, -0.15) is 0 Å². The van der Waals surface area contributed by atoms with E-state index >= 15 is 0 Å². The molecule has 0 bridgehead atoms. The van der Waals surface area contributed by atoms with Gasteiger partial charge < -0.3 is 5.11 Å². The summed E-state index contributed by atoms with van der Waals surface area (Å²) in [4.78, 5) is 4.93. The number of hydrogen-bond donors (Lipinski definition) is 1. The van der Waals surface area contributed by atoms with Crippen LogP contribution in [-0.4, -0.2) is 59.3 Å². The summed E-state index contributed by atoms with van der Waals surface area (Å²) >= 11 is 0. The molecule has 0 aromatic carbocycles. The van der Waals surface area contributed by atoms with Gasteiger partial charge in [0.25, 0.3) is 0 Å². The molecule has 3 heteroatoms. The second-order valence-corrected chi connectivity index (χ2v) is 5.38. The van der Waals surface area contributed by atoms with Gasteiger partial charge in [-0.3, -0.25) is 9.80 Å². The SMILES string of the molecule is CCCN1CCN(CC(C)O)CC1(C)C. The molecule has 0 spiro atoms. The highest BCUT2D eigenvalue weighted by atomic mass is 16.3. The monoisotopic (exact) mass is 214 g/mol. The highest BCUT2D eigenvalue weighted by molar-refractivity contribution is 4.90. The molecule has 0 aromatic rings. The van der Waals surface area contributed by atoms with Crippen LogP contribution in [0.1, 0.15) is 34.1 Å². The van der Waals surface area contributed by atoms with E-state index in [0.29, 0.717) is 0 Å². The molecular formula is C12H26N2O. The Labute approximate surface area is 94.1 Å². The van der Waals surface area contributed by atoms with Crippen molar-refractivity contribution in [1.29, 1.82) is 0 Å². The van der Waals surface area contributed by atoms with Crippen LogP contribution in [0.4, 0.5) is 0 Å². The summed E-state index contributed by atoms with van der Waals surface area (Å²) in [6.45, 7) is 14.0.